The molecule has 2 N–H and O–H groups in total. The van der Waals surface area contributed by atoms with Gasteiger partial charge in [0.25, 0.3) is 0 Å². The summed E-state index contributed by atoms with van der Waals surface area (Å²) < 4.78 is 5.37. The molecule has 18 heavy (non-hydrogen) atoms. The van der Waals surface area contributed by atoms with E-state index in [0.29, 0.717) is 0 Å². The average molecular weight is 249 g/mol. The minimum absolute atomic E-state index is 0.0181. The van der Waals surface area contributed by atoms with Crippen LogP contribution < -0.4 is 10.5 Å². The van der Waals surface area contributed by atoms with Gasteiger partial charge >= 0.3 is 0 Å². The molecule has 0 spiro atoms. The third-order valence-electron chi connectivity index (χ3n) is 3.59. The lowest BCUT2D eigenvalue weighted by atomic mass is 10.1. The third kappa shape index (κ3) is 3.22. The molecule has 1 aromatic rings. The Balaban J connectivity index is 1.96. The van der Waals surface area contributed by atoms with Crippen LogP contribution in [-0.2, 0) is 0 Å². The van der Waals surface area contributed by atoms with E-state index < -0.39 is 0 Å². The van der Waals surface area contributed by atoms with E-state index in [1.807, 2.05) is 18.2 Å². The molecular formula is C14H23N3O. The van der Waals surface area contributed by atoms with Crippen molar-refractivity contribution >= 4 is 0 Å². The van der Waals surface area contributed by atoms with Gasteiger partial charge in [-0.3, -0.25) is 4.90 Å². The number of ether oxygens (including phenoxy) is 1. The van der Waals surface area contributed by atoms with Crippen molar-refractivity contribution in [3.8, 4) is 5.75 Å². The Morgan fingerprint density at radius 2 is 1.89 bits per heavy atom. The standard InChI is InChI=1S/C14H23N3O/c1-16-7-9-17(10-8-16)11-13(15)12-5-3-4-6-14(12)18-2/h3-6,13H,7-11,15H2,1-2H3. The van der Waals surface area contributed by atoms with Gasteiger partial charge in [0.2, 0.25) is 0 Å². The molecule has 0 saturated carbocycles. The summed E-state index contributed by atoms with van der Waals surface area (Å²) in [5, 5.41) is 0. The molecule has 1 heterocycles. The number of benzene rings is 1. The maximum atomic E-state index is 6.30. The molecule has 0 radical (unpaired) electrons. The summed E-state index contributed by atoms with van der Waals surface area (Å²) in [6.07, 6.45) is 0. The van der Waals surface area contributed by atoms with E-state index in [4.69, 9.17) is 10.5 Å². The molecule has 1 aliphatic heterocycles. The van der Waals surface area contributed by atoms with Crippen molar-refractivity contribution < 1.29 is 4.74 Å². The summed E-state index contributed by atoms with van der Waals surface area (Å²) in [6.45, 7) is 5.34. The number of nitrogens with two attached hydrogens (primary N) is 1. The second-order valence-electron chi connectivity index (χ2n) is 4.95. The zero-order valence-corrected chi connectivity index (χ0v) is 11.3. The van der Waals surface area contributed by atoms with E-state index in [1.54, 1.807) is 7.11 Å². The van der Waals surface area contributed by atoms with Crippen molar-refractivity contribution in [3.05, 3.63) is 29.8 Å². The van der Waals surface area contributed by atoms with E-state index in [-0.39, 0.29) is 6.04 Å². The van der Waals surface area contributed by atoms with E-state index >= 15 is 0 Å². The summed E-state index contributed by atoms with van der Waals surface area (Å²) in [5.41, 5.74) is 7.40. The van der Waals surface area contributed by atoms with E-state index in [2.05, 4.69) is 22.9 Å². The maximum Gasteiger partial charge on any atom is 0.123 e. The quantitative estimate of drug-likeness (QED) is 0.862. The third-order valence-corrected chi connectivity index (χ3v) is 3.59. The largest absolute Gasteiger partial charge is 0.496 e. The minimum Gasteiger partial charge on any atom is -0.496 e. The predicted molar refractivity (Wildman–Crippen MR) is 73.9 cm³/mol. The molecule has 1 aliphatic rings. The molecule has 0 amide bonds. The molecule has 2 rings (SSSR count). The Kier molecular flexibility index (Phi) is 4.58. The number of likely N-dealkylation sites (N-methyl/N-ethyl adjacent to an activating group) is 1. The number of para-hydroxylation sites is 1. The van der Waals surface area contributed by atoms with Crippen molar-refractivity contribution in [3.63, 3.8) is 0 Å². The van der Waals surface area contributed by atoms with Gasteiger partial charge in [-0.2, -0.15) is 0 Å². The van der Waals surface area contributed by atoms with Gasteiger partial charge in [0, 0.05) is 44.3 Å². The van der Waals surface area contributed by atoms with Crippen LogP contribution >= 0.6 is 0 Å². The van der Waals surface area contributed by atoms with Gasteiger partial charge in [0.05, 0.1) is 7.11 Å². The zero-order chi connectivity index (χ0) is 13.0. The van der Waals surface area contributed by atoms with Gasteiger partial charge in [0.15, 0.2) is 0 Å². The number of nitrogens with zero attached hydrogens (tertiary/aromatic N) is 2. The fourth-order valence-corrected chi connectivity index (χ4v) is 2.38. The zero-order valence-electron chi connectivity index (χ0n) is 11.3. The van der Waals surface area contributed by atoms with E-state index in [1.165, 1.54) is 0 Å². The number of rotatable bonds is 4. The van der Waals surface area contributed by atoms with Crippen molar-refractivity contribution in [1.29, 1.82) is 0 Å². The molecule has 1 atom stereocenters. The highest BCUT2D eigenvalue weighted by Crippen LogP contribution is 2.23. The van der Waals surface area contributed by atoms with Crippen molar-refractivity contribution in [2.75, 3.05) is 46.9 Å². The highest BCUT2D eigenvalue weighted by atomic mass is 16.5. The van der Waals surface area contributed by atoms with Gasteiger partial charge in [-0.1, -0.05) is 18.2 Å². The van der Waals surface area contributed by atoms with Crippen LogP contribution in [0.15, 0.2) is 24.3 Å². The topological polar surface area (TPSA) is 41.7 Å². The van der Waals surface area contributed by atoms with Crippen LogP contribution in [0.5, 0.6) is 5.75 Å². The van der Waals surface area contributed by atoms with E-state index in [9.17, 15) is 0 Å². The van der Waals surface area contributed by atoms with Gasteiger partial charge in [-0.25, -0.2) is 0 Å². The van der Waals surface area contributed by atoms with Crippen molar-refractivity contribution in [1.82, 2.24) is 9.80 Å². The number of hydrogen-bond donors (Lipinski definition) is 1. The Hall–Kier alpha value is -1.10. The molecule has 0 aromatic heterocycles. The Morgan fingerprint density at radius 1 is 1.22 bits per heavy atom. The first-order chi connectivity index (χ1) is 8.70. The predicted octanol–water partition coefficient (Wildman–Crippen LogP) is 0.942. The Bertz CT molecular complexity index is 375. The van der Waals surface area contributed by atoms with Gasteiger partial charge in [-0.15, -0.1) is 0 Å². The average Bonchev–Trinajstić information content (AvgIpc) is 2.41. The molecule has 1 saturated heterocycles. The van der Waals surface area contributed by atoms with Crippen LogP contribution in [0.1, 0.15) is 11.6 Å². The molecule has 100 valence electrons. The Morgan fingerprint density at radius 3 is 2.56 bits per heavy atom. The molecule has 1 aromatic carbocycles. The van der Waals surface area contributed by atoms with Crippen LogP contribution in [0.4, 0.5) is 0 Å². The molecule has 4 heteroatoms. The Labute approximate surface area is 109 Å². The lowest BCUT2D eigenvalue weighted by Gasteiger charge is -2.34. The summed E-state index contributed by atoms with van der Waals surface area (Å²) in [6, 6.07) is 8.04. The SMILES string of the molecule is COc1ccccc1C(N)CN1CCN(C)CC1. The summed E-state index contributed by atoms with van der Waals surface area (Å²) >= 11 is 0. The van der Waals surface area contributed by atoms with Crippen LogP contribution in [0.3, 0.4) is 0 Å². The summed E-state index contributed by atoms with van der Waals surface area (Å²) in [7, 11) is 3.86. The molecule has 0 aliphatic carbocycles. The molecular weight excluding hydrogens is 226 g/mol. The number of hydrogen-bond acceptors (Lipinski definition) is 4. The maximum absolute atomic E-state index is 6.30. The number of methoxy groups -OCH3 is 1. The minimum atomic E-state index is 0.0181. The molecule has 0 bridgehead atoms. The molecule has 1 unspecified atom stereocenters. The highest BCUT2D eigenvalue weighted by Gasteiger charge is 2.18. The second kappa shape index (κ2) is 6.18. The van der Waals surface area contributed by atoms with Crippen molar-refractivity contribution in [2.24, 2.45) is 5.73 Å². The lowest BCUT2D eigenvalue weighted by Crippen LogP contribution is -2.46. The van der Waals surface area contributed by atoms with Crippen LogP contribution in [0.25, 0.3) is 0 Å². The fraction of sp³-hybridized carbons (Fsp3) is 0.571. The first kappa shape index (κ1) is 13.3. The highest BCUT2D eigenvalue weighted by molar-refractivity contribution is 5.35. The summed E-state index contributed by atoms with van der Waals surface area (Å²) in [4.78, 5) is 4.78. The second-order valence-corrected chi connectivity index (χ2v) is 4.95. The van der Waals surface area contributed by atoms with Gasteiger partial charge < -0.3 is 15.4 Å². The fourth-order valence-electron chi connectivity index (χ4n) is 2.38. The smallest absolute Gasteiger partial charge is 0.123 e. The first-order valence-corrected chi connectivity index (χ1v) is 6.50. The molecule has 4 nitrogen and oxygen atoms in total. The normalized spacial score (nSPS) is 19.7. The van der Waals surface area contributed by atoms with Gasteiger partial charge in [-0.05, 0) is 13.1 Å². The van der Waals surface area contributed by atoms with Gasteiger partial charge in [0.1, 0.15) is 5.75 Å². The van der Waals surface area contributed by atoms with Crippen LogP contribution in [0, 0.1) is 0 Å². The van der Waals surface area contributed by atoms with Crippen LogP contribution in [-0.4, -0.2) is 56.7 Å². The van der Waals surface area contributed by atoms with E-state index in [0.717, 1.165) is 44.0 Å². The summed E-state index contributed by atoms with van der Waals surface area (Å²) in [5.74, 6) is 0.888. The van der Waals surface area contributed by atoms with Crippen LogP contribution in [0.2, 0.25) is 0 Å². The first-order valence-electron chi connectivity index (χ1n) is 6.50. The lowest BCUT2D eigenvalue weighted by molar-refractivity contribution is 0.147. The van der Waals surface area contributed by atoms with Crippen molar-refractivity contribution in [2.45, 2.75) is 6.04 Å². The number of piperazine rings is 1. The molecule has 1 fully saturated rings. The monoisotopic (exact) mass is 249 g/mol.